The van der Waals surface area contributed by atoms with Gasteiger partial charge in [-0.3, -0.25) is 14.4 Å². The molecule has 0 aromatic carbocycles. The number of carbonyl (C=O) groups excluding carboxylic acids is 3. The zero-order chi connectivity index (χ0) is 38.0. The van der Waals surface area contributed by atoms with E-state index in [0.29, 0.717) is 19.3 Å². The summed E-state index contributed by atoms with van der Waals surface area (Å²) in [6, 6.07) is 0. The average Bonchev–Trinajstić information content (AvgIpc) is 3.14. The highest BCUT2D eigenvalue weighted by atomic mass is 16.6. The van der Waals surface area contributed by atoms with Crippen molar-refractivity contribution in [3.8, 4) is 0 Å². The number of ether oxygens (including phenoxy) is 3. The van der Waals surface area contributed by atoms with Crippen LogP contribution in [-0.4, -0.2) is 37.2 Å². The first-order valence-corrected chi connectivity index (χ1v) is 23.0. The van der Waals surface area contributed by atoms with Crippen LogP contribution in [0.15, 0.2) is 0 Å². The molecule has 0 spiro atoms. The summed E-state index contributed by atoms with van der Waals surface area (Å²) in [7, 11) is 0. The molecule has 0 aromatic heterocycles. The van der Waals surface area contributed by atoms with Crippen molar-refractivity contribution >= 4 is 17.9 Å². The Morgan fingerprint density at radius 3 is 0.769 bits per heavy atom. The second-order valence-corrected chi connectivity index (χ2v) is 15.7. The van der Waals surface area contributed by atoms with E-state index >= 15 is 0 Å². The fourth-order valence-electron chi connectivity index (χ4n) is 6.85. The van der Waals surface area contributed by atoms with Crippen LogP contribution in [0.2, 0.25) is 0 Å². The van der Waals surface area contributed by atoms with Crippen LogP contribution >= 0.6 is 0 Å². The van der Waals surface area contributed by atoms with Crippen molar-refractivity contribution in [2.24, 2.45) is 0 Å². The molecule has 0 aliphatic carbocycles. The minimum atomic E-state index is -0.756. The lowest BCUT2D eigenvalue weighted by atomic mass is 10.0. The number of unbranched alkanes of at least 4 members (excludes halogenated alkanes) is 31. The number of carbonyl (C=O) groups is 3. The van der Waals surface area contributed by atoms with Crippen molar-refractivity contribution in [3.05, 3.63) is 0 Å². The third kappa shape index (κ3) is 39.6. The van der Waals surface area contributed by atoms with Crippen LogP contribution < -0.4 is 0 Å². The van der Waals surface area contributed by atoms with Gasteiger partial charge in [0.2, 0.25) is 0 Å². The molecule has 1 atom stereocenters. The van der Waals surface area contributed by atoms with Crippen molar-refractivity contribution in [2.45, 2.75) is 264 Å². The maximum atomic E-state index is 12.6. The molecule has 0 radical (unpaired) electrons. The Hall–Kier alpha value is -1.59. The molecule has 0 aliphatic heterocycles. The Morgan fingerprint density at radius 1 is 0.308 bits per heavy atom. The van der Waals surface area contributed by atoms with Gasteiger partial charge in [-0.25, -0.2) is 0 Å². The van der Waals surface area contributed by atoms with Crippen molar-refractivity contribution in [1.82, 2.24) is 0 Å². The van der Waals surface area contributed by atoms with Gasteiger partial charge in [-0.1, -0.05) is 220 Å². The van der Waals surface area contributed by atoms with E-state index in [1.165, 1.54) is 161 Å². The minimum Gasteiger partial charge on any atom is -0.462 e. The standard InChI is InChI=1S/C46H88O6/c1-4-7-10-13-16-18-19-20-21-22-23-24-25-26-27-28-31-33-36-39-45(48)51-42-43(41-50-44(47)38-35-32-29-15-12-9-6-3)52-46(49)40-37-34-30-17-14-11-8-5-2/h43H,4-42H2,1-3H3. The molecular formula is C46H88O6. The van der Waals surface area contributed by atoms with Crippen LogP contribution in [-0.2, 0) is 28.6 Å². The largest absolute Gasteiger partial charge is 0.462 e. The van der Waals surface area contributed by atoms with Crippen molar-refractivity contribution < 1.29 is 28.6 Å². The van der Waals surface area contributed by atoms with Gasteiger partial charge in [-0.15, -0.1) is 0 Å². The molecule has 0 aliphatic rings. The van der Waals surface area contributed by atoms with Crippen LogP contribution in [0.25, 0.3) is 0 Å². The van der Waals surface area contributed by atoms with E-state index in [2.05, 4.69) is 20.8 Å². The van der Waals surface area contributed by atoms with E-state index in [1.54, 1.807) is 0 Å². The monoisotopic (exact) mass is 737 g/mol. The summed E-state index contributed by atoms with van der Waals surface area (Å²) in [6.07, 6.45) is 42.5. The molecule has 0 bridgehead atoms. The zero-order valence-corrected chi connectivity index (χ0v) is 35.1. The van der Waals surface area contributed by atoms with E-state index in [0.717, 1.165) is 57.8 Å². The van der Waals surface area contributed by atoms with Crippen LogP contribution in [0.3, 0.4) is 0 Å². The first-order chi connectivity index (χ1) is 25.5. The predicted octanol–water partition coefficient (Wildman–Crippen LogP) is 14.5. The van der Waals surface area contributed by atoms with E-state index in [-0.39, 0.29) is 31.1 Å². The zero-order valence-electron chi connectivity index (χ0n) is 35.1. The summed E-state index contributed by atoms with van der Waals surface area (Å²) >= 11 is 0. The van der Waals surface area contributed by atoms with E-state index in [9.17, 15) is 14.4 Å². The van der Waals surface area contributed by atoms with Gasteiger partial charge in [0, 0.05) is 19.3 Å². The fraction of sp³-hybridized carbons (Fsp3) is 0.935. The smallest absolute Gasteiger partial charge is 0.306 e. The van der Waals surface area contributed by atoms with Gasteiger partial charge in [-0.05, 0) is 19.3 Å². The number of hydrogen-bond donors (Lipinski definition) is 0. The minimum absolute atomic E-state index is 0.0637. The highest BCUT2D eigenvalue weighted by molar-refractivity contribution is 5.71. The fourth-order valence-corrected chi connectivity index (χ4v) is 6.85. The molecule has 0 aromatic rings. The molecule has 0 rings (SSSR count). The van der Waals surface area contributed by atoms with Crippen LogP contribution in [0, 0.1) is 0 Å². The lowest BCUT2D eigenvalue weighted by Crippen LogP contribution is -2.30. The summed E-state index contributed by atoms with van der Waals surface area (Å²) in [6.45, 7) is 6.59. The predicted molar refractivity (Wildman–Crippen MR) is 220 cm³/mol. The molecule has 0 saturated carbocycles. The molecule has 6 heteroatoms. The number of hydrogen-bond acceptors (Lipinski definition) is 6. The molecule has 0 fully saturated rings. The normalized spacial score (nSPS) is 11.8. The molecule has 6 nitrogen and oxygen atoms in total. The second kappa shape index (κ2) is 42.2. The van der Waals surface area contributed by atoms with Crippen molar-refractivity contribution in [1.29, 1.82) is 0 Å². The third-order valence-electron chi connectivity index (χ3n) is 10.4. The highest BCUT2D eigenvalue weighted by Crippen LogP contribution is 2.16. The summed E-state index contributed by atoms with van der Waals surface area (Å²) in [5.41, 5.74) is 0. The SMILES string of the molecule is CCCCCCCCCCCCCCCCCCCCCC(=O)OCC(COC(=O)CCCCCCCCC)OC(=O)CCCCCCCCCC. The van der Waals surface area contributed by atoms with Gasteiger partial charge in [0.15, 0.2) is 6.10 Å². The van der Waals surface area contributed by atoms with E-state index < -0.39 is 6.10 Å². The van der Waals surface area contributed by atoms with Gasteiger partial charge < -0.3 is 14.2 Å². The molecule has 308 valence electrons. The van der Waals surface area contributed by atoms with E-state index in [4.69, 9.17) is 14.2 Å². The molecule has 52 heavy (non-hydrogen) atoms. The Bertz CT molecular complexity index is 768. The van der Waals surface area contributed by atoms with Gasteiger partial charge >= 0.3 is 17.9 Å². The van der Waals surface area contributed by atoms with Gasteiger partial charge in [0.05, 0.1) is 0 Å². The maximum absolute atomic E-state index is 12.6. The summed E-state index contributed by atoms with van der Waals surface area (Å²) in [4.78, 5) is 37.5. The first-order valence-electron chi connectivity index (χ1n) is 23.0. The number of esters is 3. The molecule has 0 saturated heterocycles. The topological polar surface area (TPSA) is 78.9 Å². The van der Waals surface area contributed by atoms with Gasteiger partial charge in [0.25, 0.3) is 0 Å². The Kier molecular flexibility index (Phi) is 40.9. The van der Waals surface area contributed by atoms with Crippen molar-refractivity contribution in [3.63, 3.8) is 0 Å². The average molecular weight is 737 g/mol. The Labute approximate surface area is 323 Å². The van der Waals surface area contributed by atoms with Crippen LogP contribution in [0.1, 0.15) is 258 Å². The highest BCUT2D eigenvalue weighted by Gasteiger charge is 2.19. The molecular weight excluding hydrogens is 649 g/mol. The van der Waals surface area contributed by atoms with E-state index in [1.807, 2.05) is 0 Å². The summed E-state index contributed by atoms with van der Waals surface area (Å²) in [5, 5.41) is 0. The first kappa shape index (κ1) is 50.4. The Balaban J connectivity index is 4.10. The maximum Gasteiger partial charge on any atom is 0.306 e. The quantitative estimate of drug-likeness (QED) is 0.0353. The molecule has 1 unspecified atom stereocenters. The lowest BCUT2D eigenvalue weighted by molar-refractivity contribution is -0.167. The molecule has 0 N–H and O–H groups in total. The Morgan fingerprint density at radius 2 is 0.519 bits per heavy atom. The van der Waals surface area contributed by atoms with Crippen LogP contribution in [0.5, 0.6) is 0 Å². The summed E-state index contributed by atoms with van der Waals surface area (Å²) in [5.74, 6) is -0.863. The molecule has 0 amide bonds. The van der Waals surface area contributed by atoms with Gasteiger partial charge in [0.1, 0.15) is 13.2 Å². The lowest BCUT2D eigenvalue weighted by Gasteiger charge is -2.18. The second-order valence-electron chi connectivity index (χ2n) is 15.7. The number of rotatable bonds is 42. The summed E-state index contributed by atoms with van der Waals surface area (Å²) < 4.78 is 16.6. The van der Waals surface area contributed by atoms with Gasteiger partial charge in [-0.2, -0.15) is 0 Å². The van der Waals surface area contributed by atoms with Crippen LogP contribution in [0.4, 0.5) is 0 Å². The molecule has 0 heterocycles. The third-order valence-corrected chi connectivity index (χ3v) is 10.4. The van der Waals surface area contributed by atoms with Crippen molar-refractivity contribution in [2.75, 3.05) is 13.2 Å².